The van der Waals surface area contributed by atoms with Crippen molar-refractivity contribution < 1.29 is 19.1 Å². The molecule has 0 saturated carbocycles. The predicted octanol–water partition coefficient (Wildman–Crippen LogP) is 1.46. The van der Waals surface area contributed by atoms with E-state index in [1.807, 2.05) is 0 Å². The Labute approximate surface area is 230 Å². The predicted molar refractivity (Wildman–Crippen MR) is 146 cm³/mol. The number of ether oxygens (including phenoxy) is 1. The van der Waals surface area contributed by atoms with Crippen LogP contribution in [0.5, 0.6) is 0 Å². The maximum Gasteiger partial charge on any atom is 0.255 e. The molecule has 1 saturated heterocycles. The largest absolute Gasteiger partial charge is 0.379 e. The zero-order valence-electron chi connectivity index (χ0n) is 21.1. The molecule has 0 spiro atoms. The molecule has 12 heteroatoms. The molecule has 1 unspecified atom stereocenters. The number of nitrogens with one attached hydrogen (secondary N) is 3. The number of morpholine rings is 1. The molecule has 1 aliphatic heterocycles. The van der Waals surface area contributed by atoms with Crippen LogP contribution in [-0.4, -0.2) is 77.6 Å². The number of carbonyl (C=O) groups excluding carboxylic acids is 3. The molecule has 1 aromatic carbocycles. The summed E-state index contributed by atoms with van der Waals surface area (Å²) in [5, 5.41) is 8.50. The highest BCUT2D eigenvalue weighted by molar-refractivity contribution is 6.30. The molecular weight excluding hydrogens is 524 g/mol. The zero-order chi connectivity index (χ0) is 27.6. The van der Waals surface area contributed by atoms with E-state index in [0.29, 0.717) is 37.0 Å². The fourth-order valence-corrected chi connectivity index (χ4v) is 4.09. The summed E-state index contributed by atoms with van der Waals surface area (Å²) in [6.07, 6.45) is 2.71. The van der Waals surface area contributed by atoms with E-state index < -0.39 is 23.8 Å². The van der Waals surface area contributed by atoms with E-state index >= 15 is 0 Å². The smallest absolute Gasteiger partial charge is 0.255 e. The molecule has 0 radical (unpaired) electrons. The highest BCUT2D eigenvalue weighted by Gasteiger charge is 2.25. The van der Waals surface area contributed by atoms with Gasteiger partial charge in [-0.2, -0.15) is 0 Å². The second-order valence-corrected chi connectivity index (χ2v) is 9.28. The van der Waals surface area contributed by atoms with Gasteiger partial charge in [-0.05, 0) is 42.5 Å². The van der Waals surface area contributed by atoms with Crippen molar-refractivity contribution in [2.75, 3.05) is 44.7 Å². The van der Waals surface area contributed by atoms with Crippen LogP contribution in [-0.2, 0) is 14.3 Å². The van der Waals surface area contributed by atoms with Crippen LogP contribution in [0.25, 0.3) is 5.69 Å². The Balaban J connectivity index is 1.41. The quantitative estimate of drug-likeness (QED) is 0.346. The minimum atomic E-state index is -1.13. The Morgan fingerprint density at radius 1 is 1.03 bits per heavy atom. The number of carbonyl (C=O) groups is 3. The summed E-state index contributed by atoms with van der Waals surface area (Å²) in [6.45, 7) is 3.81. The van der Waals surface area contributed by atoms with E-state index in [-0.39, 0.29) is 23.4 Å². The number of benzene rings is 1. The molecule has 204 valence electrons. The number of hydrogen-bond acceptors (Lipinski definition) is 7. The maximum atomic E-state index is 13.0. The molecule has 0 aliphatic carbocycles. The third-order valence-electron chi connectivity index (χ3n) is 6.07. The van der Waals surface area contributed by atoms with Gasteiger partial charge in [0.1, 0.15) is 11.9 Å². The first-order chi connectivity index (χ1) is 18.9. The van der Waals surface area contributed by atoms with Crippen LogP contribution < -0.4 is 21.5 Å². The highest BCUT2D eigenvalue weighted by atomic mass is 35.5. The molecule has 2 aromatic heterocycles. The number of pyridine rings is 2. The summed E-state index contributed by atoms with van der Waals surface area (Å²) in [5.41, 5.74) is 0.655. The number of rotatable bonds is 10. The molecule has 0 bridgehead atoms. The molecule has 1 fully saturated rings. The van der Waals surface area contributed by atoms with Crippen LogP contribution in [0.1, 0.15) is 16.8 Å². The summed E-state index contributed by atoms with van der Waals surface area (Å²) in [4.78, 5) is 57.1. The Hall–Kier alpha value is -4.06. The molecule has 4 rings (SSSR count). The van der Waals surface area contributed by atoms with Crippen molar-refractivity contribution in [3.8, 4) is 5.69 Å². The van der Waals surface area contributed by atoms with Crippen molar-refractivity contribution in [1.29, 1.82) is 0 Å². The van der Waals surface area contributed by atoms with Gasteiger partial charge >= 0.3 is 0 Å². The Kier molecular flexibility index (Phi) is 9.79. The molecule has 39 heavy (non-hydrogen) atoms. The summed E-state index contributed by atoms with van der Waals surface area (Å²) in [6, 6.07) is 13.2. The summed E-state index contributed by atoms with van der Waals surface area (Å²) < 4.78 is 6.78. The topological polar surface area (TPSA) is 135 Å². The molecule has 3 aromatic rings. The van der Waals surface area contributed by atoms with Gasteiger partial charge in [0, 0.05) is 55.9 Å². The van der Waals surface area contributed by atoms with Gasteiger partial charge in [-0.3, -0.25) is 28.6 Å². The number of amides is 3. The van der Waals surface area contributed by atoms with Gasteiger partial charge in [-0.1, -0.05) is 17.7 Å². The van der Waals surface area contributed by atoms with Gasteiger partial charge in [0.15, 0.2) is 0 Å². The standard InChI is InChI=1S/C27H29ClN6O5/c28-20-6-9-23(30-18-20)32-24(35)17-22(27(38)29-10-12-33-13-15-39-16-14-33)31-26(37)19-4-7-21(8-5-19)34-11-2-1-3-25(34)36/h1-9,11,18,22H,10,12-17H2,(H,29,38)(H,31,37)(H,30,32,35). The molecule has 3 heterocycles. The van der Waals surface area contributed by atoms with Crippen molar-refractivity contribution in [1.82, 2.24) is 25.1 Å². The average Bonchev–Trinajstić information content (AvgIpc) is 2.95. The van der Waals surface area contributed by atoms with Crippen LogP contribution >= 0.6 is 11.6 Å². The third-order valence-corrected chi connectivity index (χ3v) is 6.29. The second-order valence-electron chi connectivity index (χ2n) is 8.84. The molecule has 1 atom stereocenters. The van der Waals surface area contributed by atoms with E-state index in [0.717, 1.165) is 13.1 Å². The number of halogens is 1. The fraction of sp³-hybridized carbons (Fsp3) is 0.296. The van der Waals surface area contributed by atoms with Gasteiger partial charge in [-0.15, -0.1) is 0 Å². The van der Waals surface area contributed by atoms with E-state index in [1.165, 1.54) is 22.9 Å². The van der Waals surface area contributed by atoms with E-state index in [2.05, 4.69) is 25.8 Å². The Bertz CT molecular complexity index is 1340. The maximum absolute atomic E-state index is 13.0. The second kappa shape index (κ2) is 13.7. The lowest BCUT2D eigenvalue weighted by atomic mass is 10.1. The van der Waals surface area contributed by atoms with Crippen LogP contribution in [0.15, 0.2) is 71.8 Å². The van der Waals surface area contributed by atoms with Crippen LogP contribution in [0, 0.1) is 0 Å². The Morgan fingerprint density at radius 2 is 1.79 bits per heavy atom. The lowest BCUT2D eigenvalue weighted by molar-refractivity contribution is -0.126. The fourth-order valence-electron chi connectivity index (χ4n) is 3.98. The average molecular weight is 553 g/mol. The first kappa shape index (κ1) is 28.0. The Morgan fingerprint density at radius 3 is 2.49 bits per heavy atom. The third kappa shape index (κ3) is 8.21. The minimum Gasteiger partial charge on any atom is -0.379 e. The van der Waals surface area contributed by atoms with Crippen LogP contribution in [0.3, 0.4) is 0 Å². The van der Waals surface area contributed by atoms with Crippen molar-refractivity contribution in [3.05, 3.63) is 87.9 Å². The monoisotopic (exact) mass is 552 g/mol. The van der Waals surface area contributed by atoms with E-state index in [4.69, 9.17) is 16.3 Å². The normalized spacial score (nSPS) is 14.3. The van der Waals surface area contributed by atoms with Crippen molar-refractivity contribution >= 4 is 35.1 Å². The molecule has 3 N–H and O–H groups in total. The number of anilines is 1. The highest BCUT2D eigenvalue weighted by Crippen LogP contribution is 2.11. The van der Waals surface area contributed by atoms with Crippen LogP contribution in [0.4, 0.5) is 5.82 Å². The summed E-state index contributed by atoms with van der Waals surface area (Å²) in [7, 11) is 0. The van der Waals surface area contributed by atoms with Gasteiger partial charge in [0.25, 0.3) is 11.5 Å². The van der Waals surface area contributed by atoms with Crippen LogP contribution in [0.2, 0.25) is 5.02 Å². The van der Waals surface area contributed by atoms with Crippen molar-refractivity contribution in [2.45, 2.75) is 12.5 Å². The zero-order valence-corrected chi connectivity index (χ0v) is 21.9. The lowest BCUT2D eigenvalue weighted by Crippen LogP contribution is -2.50. The van der Waals surface area contributed by atoms with Crippen molar-refractivity contribution in [3.63, 3.8) is 0 Å². The molecule has 1 aliphatic rings. The summed E-state index contributed by atoms with van der Waals surface area (Å²) >= 11 is 5.84. The SMILES string of the molecule is O=C(CC(NC(=O)c1ccc(-n2ccccc2=O)cc1)C(=O)NCCN1CCOCC1)Nc1ccc(Cl)cn1. The molecule has 11 nitrogen and oxygen atoms in total. The molecule has 3 amide bonds. The van der Waals surface area contributed by atoms with E-state index in [9.17, 15) is 19.2 Å². The number of aromatic nitrogens is 2. The van der Waals surface area contributed by atoms with Gasteiger partial charge in [0.05, 0.1) is 24.7 Å². The first-order valence-electron chi connectivity index (χ1n) is 12.5. The van der Waals surface area contributed by atoms with E-state index in [1.54, 1.807) is 48.7 Å². The summed E-state index contributed by atoms with van der Waals surface area (Å²) in [5.74, 6) is -1.25. The number of hydrogen-bond donors (Lipinski definition) is 3. The van der Waals surface area contributed by atoms with Crippen molar-refractivity contribution in [2.24, 2.45) is 0 Å². The first-order valence-corrected chi connectivity index (χ1v) is 12.8. The lowest BCUT2D eigenvalue weighted by Gasteiger charge is -2.27. The van der Waals surface area contributed by atoms with Gasteiger partial charge < -0.3 is 20.7 Å². The molecular formula is C27H29ClN6O5. The minimum absolute atomic E-state index is 0.204. The number of nitrogens with zero attached hydrogens (tertiary/aromatic N) is 3. The van der Waals surface area contributed by atoms with Gasteiger partial charge in [0.2, 0.25) is 11.8 Å². The van der Waals surface area contributed by atoms with Gasteiger partial charge in [-0.25, -0.2) is 4.98 Å².